The molecule has 1 heterocycles. The first kappa shape index (κ1) is 31.2. The predicted molar refractivity (Wildman–Crippen MR) is 130 cm³/mol. The summed E-state index contributed by atoms with van der Waals surface area (Å²) < 4.78 is 58.4. The molecule has 0 fully saturated rings. The summed E-state index contributed by atoms with van der Waals surface area (Å²) in [5.41, 5.74) is 4.19. The van der Waals surface area contributed by atoms with Crippen LogP contribution < -0.4 is 30.6 Å². The molecular formula is C18H22N8O10S2. The number of hydrogen-bond acceptors (Lipinski definition) is 12. The maximum absolute atomic E-state index is 12.8. The fourth-order valence-corrected chi connectivity index (χ4v) is 3.65. The Balaban J connectivity index is 0.000000905. The summed E-state index contributed by atoms with van der Waals surface area (Å²) in [5.74, 6) is -0.780. The molecule has 18 nitrogen and oxygen atoms in total. The highest BCUT2D eigenvalue weighted by Gasteiger charge is 2.26. The lowest BCUT2D eigenvalue weighted by molar-refractivity contribution is -0.105. The van der Waals surface area contributed by atoms with Gasteiger partial charge in [-0.25, -0.2) is 22.7 Å². The second kappa shape index (κ2) is 14.0. The van der Waals surface area contributed by atoms with Crippen LogP contribution in [0.25, 0.3) is 0 Å². The molecule has 1 aromatic heterocycles. The van der Waals surface area contributed by atoms with Gasteiger partial charge in [-0.15, -0.1) is 0 Å². The number of amides is 6. The van der Waals surface area contributed by atoms with Crippen LogP contribution in [0.2, 0.25) is 0 Å². The van der Waals surface area contributed by atoms with Gasteiger partial charge in [-0.2, -0.15) is 18.4 Å². The average Bonchev–Trinajstić information content (AvgIpc) is 2.82. The highest BCUT2D eigenvalue weighted by atomic mass is 32.2. The van der Waals surface area contributed by atoms with Gasteiger partial charge in [0, 0.05) is 19.8 Å². The lowest BCUT2D eigenvalue weighted by Crippen LogP contribution is -2.36. The van der Waals surface area contributed by atoms with Crippen molar-refractivity contribution in [3.63, 3.8) is 0 Å². The van der Waals surface area contributed by atoms with E-state index in [-0.39, 0.29) is 29.0 Å². The largest absolute Gasteiger partial charge is 0.481 e. The van der Waals surface area contributed by atoms with Crippen LogP contribution in [0, 0.1) is 0 Å². The number of nitrogens with two attached hydrogens (primary N) is 1. The fraction of sp³-hybridized carbons (Fsp3) is 0.222. The van der Waals surface area contributed by atoms with E-state index in [9.17, 15) is 36.0 Å². The lowest BCUT2D eigenvalue weighted by Gasteiger charge is -2.16. The van der Waals surface area contributed by atoms with Crippen molar-refractivity contribution < 1.29 is 45.5 Å². The number of carbonyl (C=O) groups excluding carboxylic acids is 4. The van der Waals surface area contributed by atoms with Crippen molar-refractivity contribution in [1.29, 1.82) is 0 Å². The molecule has 1 aromatic carbocycles. The van der Waals surface area contributed by atoms with Gasteiger partial charge in [-0.3, -0.25) is 14.9 Å². The number of nitrogens with zero attached hydrogens (tertiary/aromatic N) is 4. The molecule has 2 rings (SSSR count). The molecule has 38 heavy (non-hydrogen) atoms. The van der Waals surface area contributed by atoms with Crippen molar-refractivity contribution >= 4 is 56.5 Å². The minimum Gasteiger partial charge on any atom is -0.481 e. The SMILES string of the molecule is COc1cc(OC)nc(NC(=O)NS(=O)(=O)c2cc(NC=O)ccc2C(=O)N(C)C)n1.NC(=O)N=S(=O)=O. The summed E-state index contributed by atoms with van der Waals surface area (Å²) in [4.78, 5) is 53.2. The van der Waals surface area contributed by atoms with Gasteiger partial charge in [-0.1, -0.05) is 4.36 Å². The van der Waals surface area contributed by atoms with Gasteiger partial charge >= 0.3 is 22.6 Å². The number of primary amides is 1. The van der Waals surface area contributed by atoms with Gasteiger partial charge in [0.05, 0.1) is 25.8 Å². The van der Waals surface area contributed by atoms with Crippen LogP contribution in [0.4, 0.5) is 21.2 Å². The highest BCUT2D eigenvalue weighted by Crippen LogP contribution is 2.22. The molecule has 5 N–H and O–H groups in total. The first-order valence-corrected chi connectivity index (χ1v) is 12.2. The lowest BCUT2D eigenvalue weighted by atomic mass is 10.2. The molecule has 0 aliphatic carbocycles. The van der Waals surface area contributed by atoms with Gasteiger partial charge in [0.2, 0.25) is 24.1 Å². The maximum Gasteiger partial charge on any atom is 0.353 e. The summed E-state index contributed by atoms with van der Waals surface area (Å²) >= 11 is 0. The van der Waals surface area contributed by atoms with E-state index in [0.717, 1.165) is 11.0 Å². The molecule has 0 unspecified atom stereocenters. The summed E-state index contributed by atoms with van der Waals surface area (Å²) in [5, 5.41) is 4.44. The van der Waals surface area contributed by atoms with Crippen LogP contribution >= 0.6 is 0 Å². The van der Waals surface area contributed by atoms with Crippen molar-refractivity contribution in [2.24, 2.45) is 10.1 Å². The molecule has 0 radical (unpaired) electrons. The van der Waals surface area contributed by atoms with Crippen molar-refractivity contribution in [3.05, 3.63) is 29.8 Å². The third-order valence-corrected chi connectivity index (χ3v) is 5.55. The number of methoxy groups -OCH3 is 2. The van der Waals surface area contributed by atoms with Crippen molar-refractivity contribution in [2.45, 2.75) is 4.90 Å². The second-order valence-electron chi connectivity index (χ2n) is 6.66. The molecule has 0 spiro atoms. The van der Waals surface area contributed by atoms with Crippen LogP contribution in [-0.4, -0.2) is 84.4 Å². The topological polar surface area (TPSA) is 259 Å². The summed E-state index contributed by atoms with van der Waals surface area (Å²) in [6.07, 6.45) is 0.340. The third-order valence-electron chi connectivity index (χ3n) is 3.85. The van der Waals surface area contributed by atoms with Crippen molar-refractivity contribution in [2.75, 3.05) is 38.9 Å². The minimum absolute atomic E-state index is 0.0662. The zero-order valence-electron chi connectivity index (χ0n) is 20.2. The molecular weight excluding hydrogens is 552 g/mol. The van der Waals surface area contributed by atoms with Crippen LogP contribution in [0.15, 0.2) is 33.5 Å². The molecule has 206 valence electrons. The Labute approximate surface area is 217 Å². The number of aromatic nitrogens is 2. The highest BCUT2D eigenvalue weighted by molar-refractivity contribution is 7.90. The first-order valence-electron chi connectivity index (χ1n) is 9.71. The number of nitrogens with one attached hydrogen (secondary N) is 3. The van der Waals surface area contributed by atoms with E-state index < -0.39 is 43.4 Å². The Morgan fingerprint density at radius 3 is 2.08 bits per heavy atom. The molecule has 0 atom stereocenters. The van der Waals surface area contributed by atoms with E-state index in [4.69, 9.17) is 9.47 Å². The first-order chi connectivity index (χ1) is 17.7. The summed E-state index contributed by atoms with van der Waals surface area (Å²) in [6.45, 7) is 0. The summed E-state index contributed by atoms with van der Waals surface area (Å²) in [6, 6.07) is 2.56. The van der Waals surface area contributed by atoms with Gasteiger partial charge in [-0.05, 0) is 18.2 Å². The number of urea groups is 2. The number of benzene rings is 1. The quantitative estimate of drug-likeness (QED) is 0.288. The monoisotopic (exact) mass is 574 g/mol. The molecule has 0 bridgehead atoms. The van der Waals surface area contributed by atoms with Crippen LogP contribution in [0.1, 0.15) is 10.4 Å². The maximum atomic E-state index is 12.8. The second-order valence-corrected chi connectivity index (χ2v) is 8.92. The predicted octanol–water partition coefficient (Wildman–Crippen LogP) is -0.598. The van der Waals surface area contributed by atoms with E-state index in [1.807, 2.05) is 0 Å². The van der Waals surface area contributed by atoms with Crippen molar-refractivity contribution in [1.82, 2.24) is 19.6 Å². The van der Waals surface area contributed by atoms with Gasteiger partial charge in [0.25, 0.3) is 15.9 Å². The van der Waals surface area contributed by atoms with Gasteiger partial charge in [0.15, 0.2) is 0 Å². The number of anilines is 2. The minimum atomic E-state index is -4.54. The molecule has 0 aliphatic rings. The Bertz CT molecular complexity index is 1430. The molecule has 0 saturated carbocycles. The van der Waals surface area contributed by atoms with Crippen molar-refractivity contribution in [3.8, 4) is 11.8 Å². The molecule has 2 aromatic rings. The number of sulfonamides is 1. The van der Waals surface area contributed by atoms with E-state index >= 15 is 0 Å². The standard InChI is InChI=1S/C17H20N6O7S.CH2N2O3S/c1-23(2)15(25)11-6-5-10(18-9-24)7-12(11)31(27,28)22-17(26)21-16-19-13(29-3)8-14(20-16)30-4;2-1(4)3-7(5)6/h5-9H,1-4H3,(H,18,24)(H2,19,20,21,22,26);(H2,2,4). The molecule has 20 heteroatoms. The van der Waals surface area contributed by atoms with Crippen LogP contribution in [0.5, 0.6) is 11.8 Å². The van der Waals surface area contributed by atoms with Gasteiger partial charge < -0.3 is 25.4 Å². The zero-order chi connectivity index (χ0) is 29.0. The molecule has 0 saturated heterocycles. The van der Waals surface area contributed by atoms with Gasteiger partial charge in [0.1, 0.15) is 4.90 Å². The summed E-state index contributed by atoms with van der Waals surface area (Å²) in [7, 11) is -1.70. The number of carbonyl (C=O) groups is 4. The van der Waals surface area contributed by atoms with Crippen LogP contribution in [-0.2, 0) is 25.3 Å². The Morgan fingerprint density at radius 1 is 1.08 bits per heavy atom. The van der Waals surface area contributed by atoms with Crippen LogP contribution in [0.3, 0.4) is 0 Å². The third kappa shape index (κ3) is 9.66. The Morgan fingerprint density at radius 2 is 1.66 bits per heavy atom. The molecule has 0 aliphatic heterocycles. The smallest absolute Gasteiger partial charge is 0.353 e. The normalized spacial score (nSPS) is 10.0. The number of rotatable bonds is 8. The van der Waals surface area contributed by atoms with E-state index in [1.165, 1.54) is 46.5 Å². The fourth-order valence-electron chi connectivity index (χ4n) is 2.37. The van der Waals surface area contributed by atoms with E-state index in [0.29, 0.717) is 6.41 Å². The Hall–Kier alpha value is -4.85. The average molecular weight is 575 g/mol. The Kier molecular flexibility index (Phi) is 11.5. The van der Waals surface area contributed by atoms with E-state index in [1.54, 1.807) is 4.72 Å². The zero-order valence-corrected chi connectivity index (χ0v) is 21.8. The number of ether oxygens (including phenoxy) is 2. The van der Waals surface area contributed by atoms with E-state index in [2.05, 4.69) is 30.7 Å². The molecule has 6 amide bonds. The number of hydrogen-bond donors (Lipinski definition) is 4.